The number of amides is 1. The number of nitrogens with one attached hydrogen (secondary N) is 1. The molecule has 1 amide bonds. The minimum atomic E-state index is -0.273. The van der Waals surface area contributed by atoms with Crippen LogP contribution in [0.3, 0.4) is 0 Å². The molecule has 0 spiro atoms. The third-order valence-electron chi connectivity index (χ3n) is 3.11. The third-order valence-corrected chi connectivity index (χ3v) is 5.11. The van der Waals surface area contributed by atoms with Gasteiger partial charge in [-0.1, -0.05) is 13.3 Å². The van der Waals surface area contributed by atoms with E-state index in [1.807, 2.05) is 12.3 Å². The molecule has 1 aromatic carbocycles. The molecular formula is C16H19FN2OS2. The maximum Gasteiger partial charge on any atom is 0.238 e. The molecule has 1 heterocycles. The second-order valence-electron chi connectivity index (χ2n) is 4.90. The van der Waals surface area contributed by atoms with Gasteiger partial charge in [0.25, 0.3) is 0 Å². The first kappa shape index (κ1) is 17.0. The van der Waals surface area contributed by atoms with Crippen molar-refractivity contribution in [2.24, 2.45) is 0 Å². The Balaban J connectivity index is 1.94. The Kier molecular flexibility index (Phi) is 6.39. The summed E-state index contributed by atoms with van der Waals surface area (Å²) < 4.78 is 12.9. The Hall–Kier alpha value is -1.40. The Morgan fingerprint density at radius 2 is 2.14 bits per heavy atom. The second-order valence-corrected chi connectivity index (χ2v) is 7.21. The van der Waals surface area contributed by atoms with Crippen LogP contribution in [0.4, 0.5) is 9.52 Å². The van der Waals surface area contributed by atoms with E-state index in [-0.39, 0.29) is 17.0 Å². The molecule has 2 rings (SSSR count). The summed E-state index contributed by atoms with van der Waals surface area (Å²) in [6.07, 6.45) is 2.25. The fourth-order valence-electron chi connectivity index (χ4n) is 1.77. The minimum Gasteiger partial charge on any atom is -0.301 e. The van der Waals surface area contributed by atoms with E-state index >= 15 is 0 Å². The van der Waals surface area contributed by atoms with Crippen molar-refractivity contribution in [2.75, 3.05) is 11.1 Å². The van der Waals surface area contributed by atoms with Crippen LogP contribution >= 0.6 is 23.1 Å². The third kappa shape index (κ3) is 4.81. The van der Waals surface area contributed by atoms with Gasteiger partial charge in [-0.3, -0.25) is 4.79 Å². The van der Waals surface area contributed by atoms with Crippen molar-refractivity contribution in [3.05, 3.63) is 35.5 Å². The summed E-state index contributed by atoms with van der Waals surface area (Å²) in [6, 6.07) is 6.16. The smallest absolute Gasteiger partial charge is 0.238 e. The lowest BCUT2D eigenvalue weighted by molar-refractivity contribution is -0.115. The number of anilines is 1. The molecule has 1 aromatic heterocycles. The highest BCUT2D eigenvalue weighted by atomic mass is 32.2. The molecule has 2 aromatic rings. The number of carbonyl (C=O) groups excluding carboxylic acids is 1. The fourth-order valence-corrected chi connectivity index (χ4v) is 3.51. The molecule has 0 saturated heterocycles. The second kappa shape index (κ2) is 8.29. The standard InChI is InChI=1S/C16H19FN2OS2/c1-3-4-9-21-11(2)15(20)19-16-18-14(10-22-16)12-5-7-13(17)8-6-12/h5-8,10-11H,3-4,9H2,1-2H3,(H,18,19,20). The van der Waals surface area contributed by atoms with Gasteiger partial charge in [0.15, 0.2) is 5.13 Å². The van der Waals surface area contributed by atoms with Crippen LogP contribution in [0.1, 0.15) is 26.7 Å². The Morgan fingerprint density at radius 3 is 2.82 bits per heavy atom. The molecule has 0 fully saturated rings. The highest BCUT2D eigenvalue weighted by molar-refractivity contribution is 8.00. The maximum absolute atomic E-state index is 12.9. The summed E-state index contributed by atoms with van der Waals surface area (Å²) in [5, 5.41) is 5.19. The molecular weight excluding hydrogens is 319 g/mol. The highest BCUT2D eigenvalue weighted by Gasteiger charge is 2.15. The molecule has 0 aliphatic rings. The molecule has 0 radical (unpaired) electrons. The predicted molar refractivity (Wildman–Crippen MR) is 93.0 cm³/mol. The van der Waals surface area contributed by atoms with Gasteiger partial charge in [0.05, 0.1) is 10.9 Å². The van der Waals surface area contributed by atoms with Crippen molar-refractivity contribution in [1.29, 1.82) is 0 Å². The number of benzene rings is 1. The van der Waals surface area contributed by atoms with Crippen molar-refractivity contribution in [3.63, 3.8) is 0 Å². The molecule has 0 bridgehead atoms. The zero-order chi connectivity index (χ0) is 15.9. The maximum atomic E-state index is 12.9. The van der Waals surface area contributed by atoms with E-state index in [1.54, 1.807) is 23.9 Å². The van der Waals surface area contributed by atoms with Crippen molar-refractivity contribution in [2.45, 2.75) is 31.9 Å². The average Bonchev–Trinajstić information content (AvgIpc) is 2.96. The summed E-state index contributed by atoms with van der Waals surface area (Å²) >= 11 is 3.03. The van der Waals surface area contributed by atoms with E-state index < -0.39 is 0 Å². The van der Waals surface area contributed by atoms with Gasteiger partial charge < -0.3 is 5.32 Å². The first-order chi connectivity index (χ1) is 10.6. The Morgan fingerprint density at radius 1 is 1.41 bits per heavy atom. The summed E-state index contributed by atoms with van der Waals surface area (Å²) in [4.78, 5) is 16.5. The van der Waals surface area contributed by atoms with Gasteiger partial charge in [0, 0.05) is 10.9 Å². The van der Waals surface area contributed by atoms with E-state index in [0.29, 0.717) is 5.13 Å². The Labute approximate surface area is 138 Å². The van der Waals surface area contributed by atoms with E-state index in [2.05, 4.69) is 17.2 Å². The number of nitrogens with zero attached hydrogens (tertiary/aromatic N) is 1. The molecule has 1 N–H and O–H groups in total. The van der Waals surface area contributed by atoms with Gasteiger partial charge in [-0.15, -0.1) is 23.1 Å². The lowest BCUT2D eigenvalue weighted by Gasteiger charge is -2.09. The number of aromatic nitrogens is 1. The number of hydrogen-bond donors (Lipinski definition) is 1. The molecule has 0 aliphatic heterocycles. The fraction of sp³-hybridized carbons (Fsp3) is 0.375. The quantitative estimate of drug-likeness (QED) is 0.737. The van der Waals surface area contributed by atoms with Crippen molar-refractivity contribution >= 4 is 34.1 Å². The van der Waals surface area contributed by atoms with Gasteiger partial charge in [0.2, 0.25) is 5.91 Å². The molecule has 22 heavy (non-hydrogen) atoms. The van der Waals surface area contributed by atoms with E-state index in [9.17, 15) is 9.18 Å². The summed E-state index contributed by atoms with van der Waals surface area (Å²) in [6.45, 7) is 4.04. The lowest BCUT2D eigenvalue weighted by atomic mass is 10.2. The first-order valence-electron chi connectivity index (χ1n) is 7.24. The first-order valence-corrected chi connectivity index (χ1v) is 9.17. The van der Waals surface area contributed by atoms with Gasteiger partial charge in [-0.25, -0.2) is 9.37 Å². The van der Waals surface area contributed by atoms with Crippen LogP contribution in [-0.4, -0.2) is 21.9 Å². The molecule has 6 heteroatoms. The number of thiazole rings is 1. The average molecular weight is 338 g/mol. The Bertz CT molecular complexity index is 613. The molecule has 3 nitrogen and oxygen atoms in total. The topological polar surface area (TPSA) is 42.0 Å². The van der Waals surface area contributed by atoms with Crippen LogP contribution in [-0.2, 0) is 4.79 Å². The van der Waals surface area contributed by atoms with Gasteiger partial charge >= 0.3 is 0 Å². The zero-order valence-corrected chi connectivity index (χ0v) is 14.3. The number of rotatable bonds is 7. The number of unbranched alkanes of at least 4 members (excludes halogenated alkanes) is 1. The van der Waals surface area contributed by atoms with Crippen LogP contribution in [0.5, 0.6) is 0 Å². The summed E-state index contributed by atoms with van der Waals surface area (Å²) in [7, 11) is 0. The van der Waals surface area contributed by atoms with Crippen molar-refractivity contribution in [3.8, 4) is 11.3 Å². The predicted octanol–water partition coefficient (Wildman–Crippen LogP) is 4.81. The molecule has 1 atom stereocenters. The van der Waals surface area contributed by atoms with Crippen LogP contribution < -0.4 is 5.32 Å². The molecule has 0 aliphatic carbocycles. The van der Waals surface area contributed by atoms with E-state index in [0.717, 1.165) is 29.9 Å². The number of carbonyl (C=O) groups is 1. The van der Waals surface area contributed by atoms with Crippen molar-refractivity contribution < 1.29 is 9.18 Å². The summed E-state index contributed by atoms with van der Waals surface area (Å²) in [5.74, 6) is 0.690. The zero-order valence-electron chi connectivity index (χ0n) is 12.6. The molecule has 118 valence electrons. The van der Waals surface area contributed by atoms with Crippen LogP contribution in [0.2, 0.25) is 0 Å². The van der Waals surface area contributed by atoms with Crippen LogP contribution in [0.25, 0.3) is 11.3 Å². The highest BCUT2D eigenvalue weighted by Crippen LogP contribution is 2.25. The molecule has 0 saturated carbocycles. The van der Waals surface area contributed by atoms with Crippen molar-refractivity contribution in [1.82, 2.24) is 4.98 Å². The normalized spacial score (nSPS) is 12.1. The molecule has 1 unspecified atom stereocenters. The SMILES string of the molecule is CCCCSC(C)C(=O)Nc1nc(-c2ccc(F)cc2)cs1. The monoisotopic (exact) mass is 338 g/mol. The van der Waals surface area contributed by atoms with Crippen LogP contribution in [0.15, 0.2) is 29.6 Å². The van der Waals surface area contributed by atoms with Gasteiger partial charge in [-0.2, -0.15) is 0 Å². The number of thioether (sulfide) groups is 1. The number of halogens is 1. The summed E-state index contributed by atoms with van der Waals surface area (Å²) in [5.41, 5.74) is 1.58. The van der Waals surface area contributed by atoms with Gasteiger partial charge in [-0.05, 0) is 43.4 Å². The van der Waals surface area contributed by atoms with E-state index in [4.69, 9.17) is 0 Å². The van der Waals surface area contributed by atoms with Gasteiger partial charge in [0.1, 0.15) is 5.82 Å². The van der Waals surface area contributed by atoms with Crippen LogP contribution in [0, 0.1) is 5.82 Å². The largest absolute Gasteiger partial charge is 0.301 e. The minimum absolute atomic E-state index is 0.0268. The van der Waals surface area contributed by atoms with E-state index in [1.165, 1.54) is 23.5 Å². The lowest BCUT2D eigenvalue weighted by Crippen LogP contribution is -2.22. The number of hydrogen-bond acceptors (Lipinski definition) is 4.